The molecule has 1 N–H and O–H groups in total. The van der Waals surface area contributed by atoms with Crippen LogP contribution in [0.1, 0.15) is 45.6 Å². The zero-order valence-corrected chi connectivity index (χ0v) is 12.5. The van der Waals surface area contributed by atoms with Gasteiger partial charge in [-0.05, 0) is 50.3 Å². The summed E-state index contributed by atoms with van der Waals surface area (Å²) in [5, 5.41) is 3.41. The van der Waals surface area contributed by atoms with Crippen molar-refractivity contribution in [3.8, 4) is 0 Å². The molecule has 0 amide bonds. The van der Waals surface area contributed by atoms with Gasteiger partial charge in [0.15, 0.2) is 0 Å². The fraction of sp³-hybridized carbons (Fsp3) is 0.688. The lowest BCUT2D eigenvalue weighted by Gasteiger charge is -2.38. The van der Waals surface area contributed by atoms with Crippen molar-refractivity contribution < 1.29 is 0 Å². The number of rotatable bonds is 5. The largest absolute Gasteiger partial charge is 0.354 e. The molecule has 0 radical (unpaired) electrons. The van der Waals surface area contributed by atoms with E-state index in [0.717, 1.165) is 31.4 Å². The third-order valence-electron chi connectivity index (χ3n) is 4.23. The van der Waals surface area contributed by atoms with E-state index in [4.69, 9.17) is 0 Å². The van der Waals surface area contributed by atoms with Crippen molar-refractivity contribution in [2.75, 3.05) is 18.0 Å². The first kappa shape index (κ1) is 14.3. The molecule has 2 atom stereocenters. The van der Waals surface area contributed by atoms with Crippen LogP contribution in [0.5, 0.6) is 0 Å². The molecule has 0 saturated carbocycles. The molecule has 1 fully saturated rings. The summed E-state index contributed by atoms with van der Waals surface area (Å²) >= 11 is 0. The van der Waals surface area contributed by atoms with E-state index in [1.54, 1.807) is 0 Å². The Morgan fingerprint density at radius 2 is 2.21 bits per heavy atom. The Morgan fingerprint density at radius 3 is 2.89 bits per heavy atom. The van der Waals surface area contributed by atoms with Gasteiger partial charge in [0.1, 0.15) is 5.82 Å². The summed E-state index contributed by atoms with van der Waals surface area (Å²) in [6, 6.07) is 4.99. The minimum Gasteiger partial charge on any atom is -0.354 e. The minimum absolute atomic E-state index is 0.602. The van der Waals surface area contributed by atoms with Crippen molar-refractivity contribution in [2.24, 2.45) is 5.92 Å². The molecule has 1 aromatic heterocycles. The molecule has 2 unspecified atom stereocenters. The maximum absolute atomic E-state index is 4.65. The van der Waals surface area contributed by atoms with Gasteiger partial charge in [0.2, 0.25) is 0 Å². The predicted molar refractivity (Wildman–Crippen MR) is 81.4 cm³/mol. The van der Waals surface area contributed by atoms with Gasteiger partial charge in [0.05, 0.1) is 0 Å². The summed E-state index contributed by atoms with van der Waals surface area (Å²) < 4.78 is 0. The summed E-state index contributed by atoms with van der Waals surface area (Å²) in [6.07, 6.45) is 5.82. The van der Waals surface area contributed by atoms with Crippen molar-refractivity contribution in [1.82, 2.24) is 10.3 Å². The van der Waals surface area contributed by atoms with Crippen LogP contribution >= 0.6 is 0 Å². The van der Waals surface area contributed by atoms with Crippen LogP contribution in [0.3, 0.4) is 0 Å². The number of hydrogen-bond donors (Lipinski definition) is 1. The average Bonchev–Trinajstić information content (AvgIpc) is 2.43. The number of aromatic nitrogens is 1. The van der Waals surface area contributed by atoms with Gasteiger partial charge in [-0.25, -0.2) is 4.98 Å². The van der Waals surface area contributed by atoms with E-state index in [2.05, 4.69) is 48.1 Å². The number of anilines is 1. The lowest BCUT2D eigenvalue weighted by Crippen LogP contribution is -2.42. The molecule has 0 aliphatic carbocycles. The summed E-state index contributed by atoms with van der Waals surface area (Å²) in [5.74, 6) is 1.90. The lowest BCUT2D eigenvalue weighted by molar-refractivity contribution is 0.361. The molecule has 1 aromatic rings. The Hall–Kier alpha value is -1.09. The first-order chi connectivity index (χ1) is 9.22. The SMILES string of the molecule is CCCNCc1ccc(N2CCCC(C)C2C)nc1. The molecule has 3 nitrogen and oxygen atoms in total. The van der Waals surface area contributed by atoms with Gasteiger partial charge in [-0.1, -0.05) is 19.9 Å². The predicted octanol–water partition coefficient (Wildman–Crippen LogP) is 3.21. The zero-order valence-electron chi connectivity index (χ0n) is 12.5. The monoisotopic (exact) mass is 261 g/mol. The molecule has 0 bridgehead atoms. The Bertz CT molecular complexity index is 374. The van der Waals surface area contributed by atoms with Crippen molar-refractivity contribution >= 4 is 5.82 Å². The Balaban J connectivity index is 1.97. The summed E-state index contributed by atoms with van der Waals surface area (Å²) in [6.45, 7) is 10.00. The second-order valence-electron chi connectivity index (χ2n) is 5.75. The molecule has 2 rings (SSSR count). The van der Waals surface area contributed by atoms with E-state index in [1.165, 1.54) is 24.8 Å². The van der Waals surface area contributed by atoms with Crippen molar-refractivity contribution in [3.63, 3.8) is 0 Å². The molecule has 0 aromatic carbocycles. The highest BCUT2D eigenvalue weighted by atomic mass is 15.2. The number of nitrogens with one attached hydrogen (secondary N) is 1. The van der Waals surface area contributed by atoms with Gasteiger partial charge in [0, 0.05) is 25.3 Å². The molecule has 0 spiro atoms. The van der Waals surface area contributed by atoms with Gasteiger partial charge in [-0.15, -0.1) is 0 Å². The molecule has 3 heteroatoms. The first-order valence-electron chi connectivity index (χ1n) is 7.64. The Morgan fingerprint density at radius 1 is 1.37 bits per heavy atom. The van der Waals surface area contributed by atoms with E-state index in [0.29, 0.717) is 6.04 Å². The third kappa shape index (κ3) is 3.69. The van der Waals surface area contributed by atoms with Crippen molar-refractivity contribution in [2.45, 2.75) is 52.6 Å². The number of hydrogen-bond acceptors (Lipinski definition) is 3. The van der Waals surface area contributed by atoms with Crippen LogP contribution in [0.4, 0.5) is 5.82 Å². The summed E-state index contributed by atoms with van der Waals surface area (Å²) in [5.41, 5.74) is 1.27. The summed E-state index contributed by atoms with van der Waals surface area (Å²) in [7, 11) is 0. The van der Waals surface area contributed by atoms with Crippen LogP contribution in [0, 0.1) is 5.92 Å². The molecule has 1 saturated heterocycles. The van der Waals surface area contributed by atoms with Crippen LogP contribution in [0.2, 0.25) is 0 Å². The van der Waals surface area contributed by atoms with E-state index in [-0.39, 0.29) is 0 Å². The van der Waals surface area contributed by atoms with Crippen molar-refractivity contribution in [3.05, 3.63) is 23.9 Å². The molecular formula is C16H27N3. The molecule has 19 heavy (non-hydrogen) atoms. The zero-order chi connectivity index (χ0) is 13.7. The van der Waals surface area contributed by atoms with E-state index < -0.39 is 0 Å². The molecule has 1 aliphatic rings. The van der Waals surface area contributed by atoms with Crippen LogP contribution in [0.15, 0.2) is 18.3 Å². The maximum atomic E-state index is 4.65. The number of piperidine rings is 1. The van der Waals surface area contributed by atoms with Crippen LogP contribution in [-0.2, 0) is 6.54 Å². The number of nitrogens with zero attached hydrogens (tertiary/aromatic N) is 2. The van der Waals surface area contributed by atoms with Crippen LogP contribution in [0.25, 0.3) is 0 Å². The van der Waals surface area contributed by atoms with Gasteiger partial charge in [0.25, 0.3) is 0 Å². The highest BCUT2D eigenvalue weighted by Crippen LogP contribution is 2.26. The van der Waals surface area contributed by atoms with Gasteiger partial charge in [-0.3, -0.25) is 0 Å². The standard InChI is InChI=1S/C16H27N3/c1-4-9-17-11-15-7-8-16(18-12-15)19-10-5-6-13(2)14(19)3/h7-8,12-14,17H,4-6,9-11H2,1-3H3. The maximum Gasteiger partial charge on any atom is 0.128 e. The van der Waals surface area contributed by atoms with Gasteiger partial charge < -0.3 is 10.2 Å². The topological polar surface area (TPSA) is 28.2 Å². The minimum atomic E-state index is 0.602. The van der Waals surface area contributed by atoms with Crippen LogP contribution in [-0.4, -0.2) is 24.1 Å². The van der Waals surface area contributed by atoms with Crippen LogP contribution < -0.4 is 10.2 Å². The highest BCUT2D eigenvalue weighted by molar-refractivity contribution is 5.41. The van der Waals surface area contributed by atoms with E-state index >= 15 is 0 Å². The normalized spacial score (nSPS) is 23.6. The first-order valence-corrected chi connectivity index (χ1v) is 7.64. The fourth-order valence-corrected chi connectivity index (χ4v) is 2.76. The van der Waals surface area contributed by atoms with Crippen molar-refractivity contribution in [1.29, 1.82) is 0 Å². The average molecular weight is 261 g/mol. The Kier molecular flexibility index (Phi) is 5.20. The smallest absolute Gasteiger partial charge is 0.128 e. The van der Waals surface area contributed by atoms with Gasteiger partial charge >= 0.3 is 0 Å². The van der Waals surface area contributed by atoms with Gasteiger partial charge in [-0.2, -0.15) is 0 Å². The lowest BCUT2D eigenvalue weighted by atomic mass is 9.92. The third-order valence-corrected chi connectivity index (χ3v) is 4.23. The molecule has 106 valence electrons. The Labute approximate surface area is 117 Å². The van der Waals surface area contributed by atoms with E-state index in [1.807, 2.05) is 6.20 Å². The second kappa shape index (κ2) is 6.90. The fourth-order valence-electron chi connectivity index (χ4n) is 2.76. The summed E-state index contributed by atoms with van der Waals surface area (Å²) in [4.78, 5) is 7.11. The second-order valence-corrected chi connectivity index (χ2v) is 5.75. The quantitative estimate of drug-likeness (QED) is 0.825. The molecular weight excluding hydrogens is 234 g/mol. The molecule has 1 aliphatic heterocycles. The molecule has 2 heterocycles. The van der Waals surface area contributed by atoms with E-state index in [9.17, 15) is 0 Å². The highest BCUT2D eigenvalue weighted by Gasteiger charge is 2.25. The number of pyridine rings is 1.